The summed E-state index contributed by atoms with van der Waals surface area (Å²) in [6.45, 7) is 3.52. The molecular formula is C15H16BrN3O3. The molecule has 6 nitrogen and oxygen atoms in total. The fourth-order valence-corrected chi connectivity index (χ4v) is 2.48. The van der Waals surface area contributed by atoms with E-state index in [9.17, 15) is 4.79 Å². The summed E-state index contributed by atoms with van der Waals surface area (Å²) in [5.74, 6) is 1.30. The van der Waals surface area contributed by atoms with Gasteiger partial charge in [0.25, 0.3) is 0 Å². The van der Waals surface area contributed by atoms with E-state index in [1.165, 1.54) is 0 Å². The molecule has 0 radical (unpaired) electrons. The zero-order valence-corrected chi connectivity index (χ0v) is 13.7. The molecular weight excluding hydrogens is 350 g/mol. The van der Waals surface area contributed by atoms with Gasteiger partial charge in [-0.1, -0.05) is 0 Å². The molecule has 22 heavy (non-hydrogen) atoms. The molecule has 116 valence electrons. The Labute approximate surface area is 136 Å². The molecule has 0 aliphatic carbocycles. The third kappa shape index (κ3) is 3.41. The van der Waals surface area contributed by atoms with Crippen molar-refractivity contribution in [1.82, 2.24) is 9.78 Å². The van der Waals surface area contributed by atoms with Crippen LogP contribution in [0.5, 0.6) is 11.5 Å². The molecule has 1 N–H and O–H groups in total. The van der Waals surface area contributed by atoms with Crippen LogP contribution in [0.4, 0.5) is 5.69 Å². The fraction of sp³-hybridized carbons (Fsp3) is 0.333. The van der Waals surface area contributed by atoms with Gasteiger partial charge >= 0.3 is 0 Å². The summed E-state index contributed by atoms with van der Waals surface area (Å²) in [4.78, 5) is 12.0. The van der Waals surface area contributed by atoms with Crippen LogP contribution >= 0.6 is 15.9 Å². The van der Waals surface area contributed by atoms with Gasteiger partial charge in [-0.05, 0) is 35.0 Å². The number of amides is 1. The molecule has 2 heterocycles. The number of hydrogen-bond donors (Lipinski definition) is 1. The SMILES string of the molecule is Cc1nn(CCC(=O)Nc2ccc3c(c2)OCCO3)cc1Br. The summed E-state index contributed by atoms with van der Waals surface area (Å²) in [5.41, 5.74) is 1.61. The Bertz CT molecular complexity index is 680. The third-order valence-corrected chi connectivity index (χ3v) is 4.06. The number of fused-ring (bicyclic) bond motifs is 1. The summed E-state index contributed by atoms with van der Waals surface area (Å²) in [6.07, 6.45) is 2.22. The van der Waals surface area contributed by atoms with E-state index in [-0.39, 0.29) is 5.91 Å². The second-order valence-corrected chi connectivity index (χ2v) is 5.84. The normalized spacial score (nSPS) is 13.0. The average Bonchev–Trinajstić information content (AvgIpc) is 2.84. The van der Waals surface area contributed by atoms with Crippen molar-refractivity contribution in [3.63, 3.8) is 0 Å². The number of carbonyl (C=O) groups excluding carboxylic acids is 1. The summed E-state index contributed by atoms with van der Waals surface area (Å²) in [5, 5.41) is 7.16. The first kappa shape index (κ1) is 14.9. The van der Waals surface area contributed by atoms with Crippen LogP contribution in [-0.4, -0.2) is 28.9 Å². The maximum atomic E-state index is 12.0. The van der Waals surface area contributed by atoms with E-state index in [4.69, 9.17) is 9.47 Å². The molecule has 0 spiro atoms. The van der Waals surface area contributed by atoms with Crippen LogP contribution in [0.25, 0.3) is 0 Å². The van der Waals surface area contributed by atoms with Crippen LogP contribution in [0, 0.1) is 6.92 Å². The highest BCUT2D eigenvalue weighted by Crippen LogP contribution is 2.32. The van der Waals surface area contributed by atoms with Gasteiger partial charge in [0.2, 0.25) is 5.91 Å². The topological polar surface area (TPSA) is 65.4 Å². The molecule has 1 aliphatic rings. The number of nitrogens with zero attached hydrogens (tertiary/aromatic N) is 2. The number of carbonyl (C=O) groups is 1. The van der Waals surface area contributed by atoms with Crippen molar-refractivity contribution in [3.05, 3.63) is 34.6 Å². The molecule has 0 atom stereocenters. The minimum atomic E-state index is -0.0686. The van der Waals surface area contributed by atoms with E-state index in [0.29, 0.717) is 43.4 Å². The van der Waals surface area contributed by atoms with Crippen LogP contribution < -0.4 is 14.8 Å². The number of aromatic nitrogens is 2. The molecule has 3 rings (SSSR count). The van der Waals surface area contributed by atoms with Gasteiger partial charge in [-0.25, -0.2) is 0 Å². The van der Waals surface area contributed by atoms with Crippen LogP contribution in [0.3, 0.4) is 0 Å². The predicted molar refractivity (Wildman–Crippen MR) is 85.3 cm³/mol. The lowest BCUT2D eigenvalue weighted by atomic mass is 10.2. The van der Waals surface area contributed by atoms with Gasteiger partial charge in [-0.3, -0.25) is 9.48 Å². The maximum absolute atomic E-state index is 12.0. The molecule has 1 aromatic carbocycles. The zero-order valence-electron chi connectivity index (χ0n) is 12.1. The number of rotatable bonds is 4. The van der Waals surface area contributed by atoms with E-state index in [1.54, 1.807) is 22.9 Å². The van der Waals surface area contributed by atoms with Crippen LogP contribution in [0.1, 0.15) is 12.1 Å². The first-order chi connectivity index (χ1) is 10.6. The Balaban J connectivity index is 1.57. The highest BCUT2D eigenvalue weighted by molar-refractivity contribution is 9.10. The summed E-state index contributed by atoms with van der Waals surface area (Å²) < 4.78 is 13.6. The lowest BCUT2D eigenvalue weighted by Crippen LogP contribution is -2.17. The number of nitrogens with one attached hydrogen (secondary N) is 1. The first-order valence-electron chi connectivity index (χ1n) is 7.01. The van der Waals surface area contributed by atoms with Crippen LogP contribution in [0.15, 0.2) is 28.9 Å². The Morgan fingerprint density at radius 1 is 1.36 bits per heavy atom. The summed E-state index contributed by atoms with van der Waals surface area (Å²) in [6, 6.07) is 5.39. The minimum Gasteiger partial charge on any atom is -0.486 e. The molecule has 1 amide bonds. The number of hydrogen-bond acceptors (Lipinski definition) is 4. The molecule has 7 heteroatoms. The number of anilines is 1. The lowest BCUT2D eigenvalue weighted by molar-refractivity contribution is -0.116. The Morgan fingerprint density at radius 3 is 2.86 bits per heavy atom. The van der Waals surface area contributed by atoms with Gasteiger partial charge in [-0.15, -0.1) is 0 Å². The van der Waals surface area contributed by atoms with Gasteiger partial charge in [0.15, 0.2) is 11.5 Å². The van der Waals surface area contributed by atoms with Crippen molar-refractivity contribution >= 4 is 27.5 Å². The van der Waals surface area contributed by atoms with Crippen molar-refractivity contribution in [1.29, 1.82) is 0 Å². The average molecular weight is 366 g/mol. The predicted octanol–water partition coefficient (Wildman–Crippen LogP) is 2.75. The number of halogens is 1. The molecule has 0 bridgehead atoms. The third-order valence-electron chi connectivity index (χ3n) is 3.28. The number of ether oxygens (including phenoxy) is 2. The Hall–Kier alpha value is -2.02. The van der Waals surface area contributed by atoms with E-state index >= 15 is 0 Å². The van der Waals surface area contributed by atoms with Crippen molar-refractivity contribution in [2.45, 2.75) is 19.9 Å². The van der Waals surface area contributed by atoms with E-state index < -0.39 is 0 Å². The standard InChI is InChI=1S/C15H16BrN3O3/c1-10-12(16)9-19(18-10)5-4-15(20)17-11-2-3-13-14(8-11)22-7-6-21-13/h2-3,8-9H,4-7H2,1H3,(H,17,20). The monoisotopic (exact) mass is 365 g/mol. The van der Waals surface area contributed by atoms with Gasteiger partial charge in [-0.2, -0.15) is 5.10 Å². The fourth-order valence-electron chi connectivity index (χ4n) is 2.17. The largest absolute Gasteiger partial charge is 0.486 e. The summed E-state index contributed by atoms with van der Waals surface area (Å²) in [7, 11) is 0. The Kier molecular flexibility index (Phi) is 4.33. The minimum absolute atomic E-state index is 0.0686. The quantitative estimate of drug-likeness (QED) is 0.904. The van der Waals surface area contributed by atoms with Crippen molar-refractivity contribution in [3.8, 4) is 11.5 Å². The highest BCUT2D eigenvalue weighted by Gasteiger charge is 2.13. The second-order valence-electron chi connectivity index (χ2n) is 4.98. The van der Waals surface area contributed by atoms with Crippen molar-refractivity contribution in [2.24, 2.45) is 0 Å². The molecule has 1 aromatic heterocycles. The van der Waals surface area contributed by atoms with Crippen LogP contribution in [0.2, 0.25) is 0 Å². The lowest BCUT2D eigenvalue weighted by Gasteiger charge is -2.19. The van der Waals surface area contributed by atoms with Gasteiger partial charge in [0.1, 0.15) is 13.2 Å². The maximum Gasteiger partial charge on any atom is 0.226 e. The molecule has 1 aliphatic heterocycles. The van der Waals surface area contributed by atoms with E-state index in [2.05, 4.69) is 26.3 Å². The van der Waals surface area contributed by atoms with Gasteiger partial charge in [0, 0.05) is 30.9 Å². The Morgan fingerprint density at radius 2 is 2.14 bits per heavy atom. The van der Waals surface area contributed by atoms with E-state index in [0.717, 1.165) is 10.2 Å². The molecule has 2 aromatic rings. The molecule has 0 unspecified atom stereocenters. The highest BCUT2D eigenvalue weighted by atomic mass is 79.9. The smallest absolute Gasteiger partial charge is 0.226 e. The van der Waals surface area contributed by atoms with E-state index in [1.807, 2.05) is 13.1 Å². The number of aryl methyl sites for hydroxylation is 2. The van der Waals surface area contributed by atoms with Crippen molar-refractivity contribution in [2.75, 3.05) is 18.5 Å². The molecule has 0 saturated carbocycles. The van der Waals surface area contributed by atoms with Gasteiger partial charge < -0.3 is 14.8 Å². The zero-order chi connectivity index (χ0) is 15.5. The molecule has 0 fully saturated rings. The second kappa shape index (κ2) is 6.39. The van der Waals surface area contributed by atoms with Crippen molar-refractivity contribution < 1.29 is 14.3 Å². The first-order valence-corrected chi connectivity index (χ1v) is 7.80. The van der Waals surface area contributed by atoms with Gasteiger partial charge in [0.05, 0.1) is 10.2 Å². The van der Waals surface area contributed by atoms with Crippen LogP contribution in [-0.2, 0) is 11.3 Å². The summed E-state index contributed by atoms with van der Waals surface area (Å²) >= 11 is 3.40. The molecule has 0 saturated heterocycles. The number of benzene rings is 1.